The van der Waals surface area contributed by atoms with Crippen LogP contribution < -0.4 is 0 Å². The number of fused-ring (bicyclic) bond motifs is 1. The second-order valence-electron chi connectivity index (χ2n) is 5.88. The molecule has 0 bridgehead atoms. The molecule has 3 rings (SSSR count). The molecule has 0 spiro atoms. The van der Waals surface area contributed by atoms with Crippen molar-refractivity contribution >= 4 is 11.6 Å². The summed E-state index contributed by atoms with van der Waals surface area (Å²) in [6.07, 6.45) is 7.97. The third kappa shape index (κ3) is 3.08. The lowest BCUT2D eigenvalue weighted by atomic mass is 10.1. The number of nitrogens with zero attached hydrogens (tertiary/aromatic N) is 3. The van der Waals surface area contributed by atoms with E-state index in [2.05, 4.69) is 9.88 Å². The van der Waals surface area contributed by atoms with Gasteiger partial charge in [-0.15, -0.1) is 0 Å². The number of imidazole rings is 1. The minimum absolute atomic E-state index is 0.376. The number of pyridine rings is 1. The van der Waals surface area contributed by atoms with E-state index in [1.54, 1.807) is 0 Å². The zero-order valence-electron chi connectivity index (χ0n) is 12.3. The smallest absolute Gasteiger partial charge is 0.320 e. The second kappa shape index (κ2) is 5.85. The monoisotopic (exact) mass is 287 g/mol. The van der Waals surface area contributed by atoms with Crippen molar-refractivity contribution in [3.8, 4) is 0 Å². The fourth-order valence-corrected chi connectivity index (χ4v) is 3.08. The van der Waals surface area contributed by atoms with Crippen molar-refractivity contribution in [1.82, 2.24) is 14.3 Å². The zero-order valence-corrected chi connectivity index (χ0v) is 12.3. The minimum Gasteiger partial charge on any atom is -0.480 e. The van der Waals surface area contributed by atoms with Crippen molar-refractivity contribution < 1.29 is 9.90 Å². The molecule has 3 heterocycles. The predicted molar refractivity (Wildman–Crippen MR) is 80.2 cm³/mol. The highest BCUT2D eigenvalue weighted by Gasteiger charge is 2.27. The lowest BCUT2D eigenvalue weighted by Gasteiger charge is -2.25. The van der Waals surface area contributed by atoms with Crippen molar-refractivity contribution in [2.24, 2.45) is 0 Å². The Kier molecular flexibility index (Phi) is 3.92. The standard InChI is InChI=1S/C16H21N3O2/c1-12-6-7-15-17-13(11-19(15)9-12)10-18-8-4-2-3-5-14(18)16(20)21/h6-7,9,11,14H,2-5,8,10H2,1H3,(H,20,21). The molecule has 5 heteroatoms. The molecule has 0 aromatic carbocycles. The van der Waals surface area contributed by atoms with Crippen molar-refractivity contribution in [2.75, 3.05) is 6.54 Å². The van der Waals surface area contributed by atoms with E-state index in [0.717, 1.165) is 43.6 Å². The number of rotatable bonds is 3. The molecule has 0 aliphatic carbocycles. The van der Waals surface area contributed by atoms with Crippen LogP contribution in [0.4, 0.5) is 0 Å². The minimum atomic E-state index is -0.712. The van der Waals surface area contributed by atoms with E-state index in [1.807, 2.05) is 35.9 Å². The number of hydrogen-bond donors (Lipinski definition) is 1. The van der Waals surface area contributed by atoms with Gasteiger partial charge in [-0.25, -0.2) is 4.98 Å². The molecule has 21 heavy (non-hydrogen) atoms. The molecule has 1 unspecified atom stereocenters. The molecule has 5 nitrogen and oxygen atoms in total. The topological polar surface area (TPSA) is 57.8 Å². The maximum absolute atomic E-state index is 11.5. The number of aliphatic carboxylic acids is 1. The Bertz CT molecular complexity index is 650. The highest BCUT2D eigenvalue weighted by Crippen LogP contribution is 2.19. The van der Waals surface area contributed by atoms with Crippen LogP contribution in [0.5, 0.6) is 0 Å². The summed E-state index contributed by atoms with van der Waals surface area (Å²) in [5.41, 5.74) is 3.04. The van der Waals surface area contributed by atoms with Crippen molar-refractivity contribution in [3.63, 3.8) is 0 Å². The van der Waals surface area contributed by atoms with Gasteiger partial charge in [0.05, 0.1) is 5.69 Å². The summed E-state index contributed by atoms with van der Waals surface area (Å²) in [4.78, 5) is 18.1. The van der Waals surface area contributed by atoms with Gasteiger partial charge in [-0.05, 0) is 37.9 Å². The van der Waals surface area contributed by atoms with Gasteiger partial charge in [0, 0.05) is 18.9 Å². The highest BCUT2D eigenvalue weighted by molar-refractivity contribution is 5.73. The van der Waals surface area contributed by atoms with Crippen molar-refractivity contribution in [1.29, 1.82) is 0 Å². The molecule has 1 atom stereocenters. The summed E-state index contributed by atoms with van der Waals surface area (Å²) in [5.74, 6) is -0.712. The number of aryl methyl sites for hydroxylation is 1. The molecular weight excluding hydrogens is 266 g/mol. The molecule has 1 N–H and O–H groups in total. The molecule has 0 amide bonds. The summed E-state index contributed by atoms with van der Waals surface area (Å²) < 4.78 is 2.01. The van der Waals surface area contributed by atoms with E-state index in [1.165, 1.54) is 5.56 Å². The zero-order chi connectivity index (χ0) is 14.8. The Labute approximate surface area is 124 Å². The van der Waals surface area contributed by atoms with Crippen LogP contribution in [0.3, 0.4) is 0 Å². The van der Waals surface area contributed by atoms with Crippen molar-refractivity contribution in [2.45, 2.75) is 45.2 Å². The summed E-state index contributed by atoms with van der Waals surface area (Å²) in [6.45, 7) is 3.50. The van der Waals surface area contributed by atoms with Crippen LogP contribution in [0.25, 0.3) is 5.65 Å². The summed E-state index contributed by atoms with van der Waals surface area (Å²) in [6, 6.07) is 3.66. The molecule has 1 aliphatic heterocycles. The van der Waals surface area contributed by atoms with E-state index >= 15 is 0 Å². The van der Waals surface area contributed by atoms with Gasteiger partial charge in [0.25, 0.3) is 0 Å². The van der Waals surface area contributed by atoms with Gasteiger partial charge in [0.15, 0.2) is 0 Å². The van der Waals surface area contributed by atoms with Crippen LogP contribution in [-0.2, 0) is 11.3 Å². The fraction of sp³-hybridized carbons (Fsp3) is 0.500. The second-order valence-corrected chi connectivity index (χ2v) is 5.88. The number of carboxylic acids is 1. The molecule has 1 aliphatic rings. The Morgan fingerprint density at radius 3 is 3.00 bits per heavy atom. The number of carboxylic acid groups (broad SMARTS) is 1. The number of aromatic nitrogens is 2. The average Bonchev–Trinajstić information content (AvgIpc) is 2.66. The highest BCUT2D eigenvalue weighted by atomic mass is 16.4. The fourth-order valence-electron chi connectivity index (χ4n) is 3.08. The Hall–Kier alpha value is -1.88. The van der Waals surface area contributed by atoms with Crippen LogP contribution in [0.15, 0.2) is 24.5 Å². The number of carbonyl (C=O) groups is 1. The molecule has 2 aromatic heterocycles. The maximum Gasteiger partial charge on any atom is 0.320 e. The predicted octanol–water partition coefficient (Wildman–Crippen LogP) is 2.47. The van der Waals surface area contributed by atoms with Gasteiger partial charge < -0.3 is 9.51 Å². The third-order valence-electron chi connectivity index (χ3n) is 4.16. The SMILES string of the molecule is Cc1ccc2nc(CN3CCCCCC3C(=O)O)cn2c1. The van der Waals surface area contributed by atoms with Crippen molar-refractivity contribution in [3.05, 3.63) is 35.8 Å². The van der Waals surface area contributed by atoms with Crippen LogP contribution in [0, 0.1) is 6.92 Å². The number of likely N-dealkylation sites (tertiary alicyclic amines) is 1. The molecular formula is C16H21N3O2. The van der Waals surface area contributed by atoms with Gasteiger partial charge in [0.1, 0.15) is 11.7 Å². The lowest BCUT2D eigenvalue weighted by Crippen LogP contribution is -2.40. The largest absolute Gasteiger partial charge is 0.480 e. The Morgan fingerprint density at radius 1 is 1.33 bits per heavy atom. The molecule has 0 saturated carbocycles. The summed E-state index contributed by atoms with van der Waals surface area (Å²) in [7, 11) is 0. The van der Waals surface area contributed by atoms with Gasteiger partial charge in [-0.1, -0.05) is 18.9 Å². The molecule has 2 aromatic rings. The molecule has 1 fully saturated rings. The van der Waals surface area contributed by atoms with Gasteiger partial charge >= 0.3 is 5.97 Å². The summed E-state index contributed by atoms with van der Waals surface area (Å²) in [5, 5.41) is 9.42. The quantitative estimate of drug-likeness (QED) is 0.942. The third-order valence-corrected chi connectivity index (χ3v) is 4.16. The first-order valence-corrected chi connectivity index (χ1v) is 7.54. The normalized spacial score (nSPS) is 20.5. The maximum atomic E-state index is 11.5. The Balaban J connectivity index is 1.83. The average molecular weight is 287 g/mol. The van der Waals surface area contributed by atoms with E-state index in [9.17, 15) is 9.90 Å². The van der Waals surface area contributed by atoms with E-state index in [-0.39, 0.29) is 6.04 Å². The summed E-state index contributed by atoms with van der Waals surface area (Å²) >= 11 is 0. The molecule has 0 radical (unpaired) electrons. The molecule has 1 saturated heterocycles. The number of hydrogen-bond acceptors (Lipinski definition) is 3. The molecule has 112 valence electrons. The first-order chi connectivity index (χ1) is 10.1. The van der Waals surface area contributed by atoms with Gasteiger partial charge in [0.2, 0.25) is 0 Å². The Morgan fingerprint density at radius 2 is 2.19 bits per heavy atom. The van der Waals surface area contributed by atoms with Gasteiger partial charge in [-0.3, -0.25) is 9.69 Å². The van der Waals surface area contributed by atoms with E-state index in [4.69, 9.17) is 0 Å². The van der Waals surface area contributed by atoms with Crippen LogP contribution in [-0.4, -0.2) is 37.9 Å². The van der Waals surface area contributed by atoms with Crippen LogP contribution in [0.1, 0.15) is 36.9 Å². The first-order valence-electron chi connectivity index (χ1n) is 7.54. The van der Waals surface area contributed by atoms with Crippen LogP contribution >= 0.6 is 0 Å². The van der Waals surface area contributed by atoms with Gasteiger partial charge in [-0.2, -0.15) is 0 Å². The van der Waals surface area contributed by atoms with Crippen LogP contribution in [0.2, 0.25) is 0 Å². The van der Waals surface area contributed by atoms with E-state index in [0.29, 0.717) is 6.54 Å². The van der Waals surface area contributed by atoms with E-state index < -0.39 is 5.97 Å². The lowest BCUT2D eigenvalue weighted by molar-refractivity contribution is -0.143. The first kappa shape index (κ1) is 14.1.